The smallest absolute Gasteiger partial charge is 0.309 e. The van der Waals surface area contributed by atoms with E-state index in [4.69, 9.17) is 5.11 Å². The van der Waals surface area contributed by atoms with Crippen LogP contribution in [0.25, 0.3) is 0 Å². The monoisotopic (exact) mass is 180 g/mol. The van der Waals surface area contributed by atoms with Crippen molar-refractivity contribution in [3.63, 3.8) is 0 Å². The first-order valence-electron chi connectivity index (χ1n) is 4.46. The summed E-state index contributed by atoms with van der Waals surface area (Å²) >= 11 is 0. The first kappa shape index (κ1) is 8.29. The number of carbonyl (C=O) groups is 1. The lowest BCUT2D eigenvalue weighted by molar-refractivity contribution is -0.136. The number of hydrogen-bond acceptors (Lipinski definition) is 2. The number of hydrogen-bond donors (Lipinski definition) is 1. The zero-order valence-corrected chi connectivity index (χ0v) is 7.31. The lowest BCUT2D eigenvalue weighted by atomic mass is 10.3. The molecule has 0 saturated heterocycles. The fraction of sp³-hybridized carbons (Fsp3) is 0.556. The maximum atomic E-state index is 10.5. The van der Waals surface area contributed by atoms with E-state index in [1.165, 1.54) is 12.8 Å². The Morgan fingerprint density at radius 1 is 1.69 bits per heavy atom. The van der Waals surface area contributed by atoms with Gasteiger partial charge in [-0.25, -0.2) is 4.98 Å². The first-order chi connectivity index (χ1) is 6.25. The lowest BCUT2D eigenvalue weighted by Gasteiger charge is -2.04. The van der Waals surface area contributed by atoms with Crippen LogP contribution in [-0.4, -0.2) is 20.6 Å². The predicted octanol–water partition coefficient (Wildman–Crippen LogP) is 0.920. The standard InChI is InChI=1S/C9H12N2O2/c12-9(13)3-8-4-10-6-11(8)5-7-1-2-7/h4,6-7H,1-3,5H2,(H,12,13). The number of imidazole rings is 1. The molecule has 0 amide bonds. The Morgan fingerprint density at radius 3 is 3.08 bits per heavy atom. The van der Waals surface area contributed by atoms with Crippen LogP contribution in [0, 0.1) is 5.92 Å². The largest absolute Gasteiger partial charge is 0.481 e. The molecule has 4 nitrogen and oxygen atoms in total. The van der Waals surface area contributed by atoms with Gasteiger partial charge in [-0.3, -0.25) is 4.79 Å². The Bertz CT molecular complexity index is 315. The molecule has 1 aliphatic rings. The second-order valence-corrected chi connectivity index (χ2v) is 3.55. The summed E-state index contributed by atoms with van der Waals surface area (Å²) in [5, 5.41) is 8.62. The number of carboxylic acids is 1. The fourth-order valence-corrected chi connectivity index (χ4v) is 1.39. The Morgan fingerprint density at radius 2 is 2.46 bits per heavy atom. The number of aromatic nitrogens is 2. The van der Waals surface area contributed by atoms with Crippen LogP contribution in [-0.2, 0) is 17.8 Å². The Hall–Kier alpha value is -1.32. The molecule has 4 heteroatoms. The van der Waals surface area contributed by atoms with E-state index in [0.29, 0.717) is 0 Å². The molecular weight excluding hydrogens is 168 g/mol. The Labute approximate surface area is 76.2 Å². The van der Waals surface area contributed by atoms with Gasteiger partial charge in [-0.05, 0) is 18.8 Å². The van der Waals surface area contributed by atoms with Crippen LogP contribution in [0.4, 0.5) is 0 Å². The summed E-state index contributed by atoms with van der Waals surface area (Å²) in [6.07, 6.45) is 5.97. The van der Waals surface area contributed by atoms with Crippen molar-refractivity contribution in [2.75, 3.05) is 0 Å². The van der Waals surface area contributed by atoms with Crippen molar-refractivity contribution in [2.24, 2.45) is 5.92 Å². The van der Waals surface area contributed by atoms with Gasteiger partial charge in [0, 0.05) is 18.4 Å². The van der Waals surface area contributed by atoms with E-state index in [2.05, 4.69) is 4.98 Å². The molecule has 70 valence electrons. The van der Waals surface area contributed by atoms with Gasteiger partial charge in [0.2, 0.25) is 0 Å². The summed E-state index contributed by atoms with van der Waals surface area (Å²) in [5.74, 6) is -0.0423. The van der Waals surface area contributed by atoms with Crippen LogP contribution in [0.1, 0.15) is 18.5 Å². The molecule has 1 aromatic heterocycles. The van der Waals surface area contributed by atoms with Gasteiger partial charge >= 0.3 is 5.97 Å². The van der Waals surface area contributed by atoms with Crippen molar-refractivity contribution in [3.8, 4) is 0 Å². The molecule has 0 radical (unpaired) electrons. The number of carboxylic acid groups (broad SMARTS) is 1. The minimum Gasteiger partial charge on any atom is -0.481 e. The number of nitrogens with zero attached hydrogens (tertiary/aromatic N) is 2. The number of aliphatic carboxylic acids is 1. The van der Waals surface area contributed by atoms with E-state index in [0.717, 1.165) is 18.2 Å². The van der Waals surface area contributed by atoms with Crippen molar-refractivity contribution in [2.45, 2.75) is 25.8 Å². The van der Waals surface area contributed by atoms with Crippen molar-refractivity contribution in [1.29, 1.82) is 0 Å². The summed E-state index contributed by atoms with van der Waals surface area (Å²) in [5.41, 5.74) is 0.805. The minimum atomic E-state index is -0.794. The van der Waals surface area contributed by atoms with Crippen LogP contribution in [0.2, 0.25) is 0 Å². The zero-order chi connectivity index (χ0) is 9.26. The summed E-state index contributed by atoms with van der Waals surface area (Å²) < 4.78 is 1.95. The Kier molecular flexibility index (Phi) is 2.04. The van der Waals surface area contributed by atoms with Gasteiger partial charge in [0.05, 0.1) is 12.7 Å². The third-order valence-corrected chi connectivity index (χ3v) is 2.28. The van der Waals surface area contributed by atoms with Crippen LogP contribution in [0.5, 0.6) is 0 Å². The topological polar surface area (TPSA) is 55.1 Å². The van der Waals surface area contributed by atoms with Crippen molar-refractivity contribution < 1.29 is 9.90 Å². The van der Waals surface area contributed by atoms with Crippen LogP contribution < -0.4 is 0 Å². The zero-order valence-electron chi connectivity index (χ0n) is 7.31. The van der Waals surface area contributed by atoms with Gasteiger partial charge in [-0.1, -0.05) is 0 Å². The average molecular weight is 180 g/mol. The summed E-state index contributed by atoms with van der Waals surface area (Å²) in [6, 6.07) is 0. The highest BCUT2D eigenvalue weighted by atomic mass is 16.4. The number of rotatable bonds is 4. The van der Waals surface area contributed by atoms with E-state index in [1.807, 2.05) is 4.57 Å². The van der Waals surface area contributed by atoms with E-state index >= 15 is 0 Å². The minimum absolute atomic E-state index is 0.0761. The fourth-order valence-electron chi connectivity index (χ4n) is 1.39. The molecule has 0 aliphatic heterocycles. The SMILES string of the molecule is O=C(O)Cc1cncn1CC1CC1. The van der Waals surface area contributed by atoms with Gasteiger partial charge in [0.15, 0.2) is 0 Å². The van der Waals surface area contributed by atoms with Gasteiger partial charge in [-0.15, -0.1) is 0 Å². The highest BCUT2D eigenvalue weighted by Crippen LogP contribution is 2.30. The van der Waals surface area contributed by atoms with Crippen molar-refractivity contribution in [1.82, 2.24) is 9.55 Å². The molecule has 1 aliphatic carbocycles. The molecule has 13 heavy (non-hydrogen) atoms. The average Bonchev–Trinajstić information content (AvgIpc) is 2.75. The van der Waals surface area contributed by atoms with E-state index in [-0.39, 0.29) is 6.42 Å². The lowest BCUT2D eigenvalue weighted by Crippen LogP contribution is -2.08. The third kappa shape index (κ3) is 2.08. The molecule has 2 rings (SSSR count). The van der Waals surface area contributed by atoms with Gasteiger partial charge in [-0.2, -0.15) is 0 Å². The van der Waals surface area contributed by atoms with Crippen LogP contribution >= 0.6 is 0 Å². The second-order valence-electron chi connectivity index (χ2n) is 3.55. The van der Waals surface area contributed by atoms with Crippen LogP contribution in [0.3, 0.4) is 0 Å². The van der Waals surface area contributed by atoms with Gasteiger partial charge in [0.1, 0.15) is 0 Å². The predicted molar refractivity (Wildman–Crippen MR) is 46.3 cm³/mol. The molecule has 0 unspecified atom stereocenters. The van der Waals surface area contributed by atoms with E-state index in [1.54, 1.807) is 12.5 Å². The maximum Gasteiger partial charge on any atom is 0.309 e. The molecule has 1 fully saturated rings. The second kappa shape index (κ2) is 3.20. The maximum absolute atomic E-state index is 10.5. The molecule has 0 bridgehead atoms. The highest BCUT2D eigenvalue weighted by molar-refractivity contribution is 5.69. The summed E-state index contributed by atoms with van der Waals surface area (Å²) in [7, 11) is 0. The summed E-state index contributed by atoms with van der Waals surface area (Å²) in [4.78, 5) is 14.4. The van der Waals surface area contributed by atoms with Crippen molar-refractivity contribution >= 4 is 5.97 Å². The summed E-state index contributed by atoms with van der Waals surface area (Å²) in [6.45, 7) is 0.933. The third-order valence-electron chi connectivity index (χ3n) is 2.28. The van der Waals surface area contributed by atoms with Gasteiger partial charge in [0.25, 0.3) is 0 Å². The highest BCUT2D eigenvalue weighted by Gasteiger charge is 2.22. The van der Waals surface area contributed by atoms with E-state index < -0.39 is 5.97 Å². The normalized spacial score (nSPS) is 16.0. The Balaban J connectivity index is 2.05. The molecule has 0 spiro atoms. The molecule has 0 atom stereocenters. The molecule has 1 saturated carbocycles. The molecule has 0 aromatic carbocycles. The van der Waals surface area contributed by atoms with Crippen molar-refractivity contribution in [3.05, 3.63) is 18.2 Å². The quantitative estimate of drug-likeness (QED) is 0.749. The molecule has 1 N–H and O–H groups in total. The van der Waals surface area contributed by atoms with Gasteiger partial charge < -0.3 is 9.67 Å². The first-order valence-corrected chi connectivity index (χ1v) is 4.46. The van der Waals surface area contributed by atoms with Crippen LogP contribution in [0.15, 0.2) is 12.5 Å². The molecular formula is C9H12N2O2. The van der Waals surface area contributed by atoms with E-state index in [9.17, 15) is 4.79 Å². The molecule has 1 aromatic rings. The molecule has 1 heterocycles.